The summed E-state index contributed by atoms with van der Waals surface area (Å²) in [7, 11) is 1.95. The van der Waals surface area contributed by atoms with Crippen LogP contribution in [0, 0.1) is 5.82 Å². The number of benzene rings is 2. The molecule has 1 amide bonds. The monoisotopic (exact) mass is 480 g/mol. The molecule has 0 radical (unpaired) electrons. The lowest BCUT2D eigenvalue weighted by molar-refractivity contribution is 0.0320. The molecule has 1 aliphatic heterocycles. The summed E-state index contributed by atoms with van der Waals surface area (Å²) in [5.41, 5.74) is 2.78. The van der Waals surface area contributed by atoms with Gasteiger partial charge in [0.25, 0.3) is 5.91 Å². The molecule has 0 bridgehead atoms. The van der Waals surface area contributed by atoms with E-state index in [9.17, 15) is 9.18 Å². The summed E-state index contributed by atoms with van der Waals surface area (Å²) in [5.74, 6) is -0.0300. The Kier molecular flexibility index (Phi) is 8.15. The van der Waals surface area contributed by atoms with Crippen LogP contribution in [0.3, 0.4) is 0 Å². The molecule has 1 saturated heterocycles. The third-order valence-corrected chi connectivity index (χ3v) is 6.41. The van der Waals surface area contributed by atoms with Gasteiger partial charge in [0.1, 0.15) is 11.5 Å². The molecule has 0 unspecified atom stereocenters. The van der Waals surface area contributed by atoms with E-state index in [4.69, 9.17) is 9.26 Å². The van der Waals surface area contributed by atoms with Gasteiger partial charge in [-0.2, -0.15) is 0 Å². The molecular weight excluding hydrogens is 447 g/mol. The van der Waals surface area contributed by atoms with Gasteiger partial charge in [-0.15, -0.1) is 0 Å². The van der Waals surface area contributed by atoms with Gasteiger partial charge >= 0.3 is 0 Å². The molecule has 1 aromatic heterocycles. The number of carbonyl (C=O) groups is 1. The Hall–Kier alpha value is -3.23. The molecule has 3 aromatic rings. The van der Waals surface area contributed by atoms with Crippen LogP contribution in [-0.2, 0) is 11.3 Å². The largest absolute Gasteiger partial charge is 0.379 e. The Bertz CT molecular complexity index is 1110. The van der Waals surface area contributed by atoms with Crippen LogP contribution in [-0.4, -0.2) is 73.3 Å². The first-order valence-corrected chi connectivity index (χ1v) is 12.1. The van der Waals surface area contributed by atoms with Crippen molar-refractivity contribution in [3.05, 3.63) is 71.5 Å². The average Bonchev–Trinajstić information content (AvgIpc) is 3.30. The summed E-state index contributed by atoms with van der Waals surface area (Å²) in [4.78, 5) is 19.7. The van der Waals surface area contributed by atoms with Crippen molar-refractivity contribution in [1.29, 1.82) is 0 Å². The first-order chi connectivity index (χ1) is 16.9. The summed E-state index contributed by atoms with van der Waals surface area (Å²) >= 11 is 0. The topological polar surface area (TPSA) is 62.1 Å². The number of hydrogen-bond donors (Lipinski definition) is 0. The third-order valence-electron chi connectivity index (χ3n) is 6.41. The van der Waals surface area contributed by atoms with Gasteiger partial charge in [0.05, 0.1) is 25.3 Å². The van der Waals surface area contributed by atoms with Crippen molar-refractivity contribution in [1.82, 2.24) is 15.0 Å². The Morgan fingerprint density at radius 2 is 1.86 bits per heavy atom. The van der Waals surface area contributed by atoms with Crippen molar-refractivity contribution in [3.8, 4) is 11.3 Å². The van der Waals surface area contributed by atoms with Gasteiger partial charge in [-0.1, -0.05) is 41.6 Å². The van der Waals surface area contributed by atoms with Crippen molar-refractivity contribution in [2.45, 2.75) is 26.4 Å². The fraction of sp³-hybridized carbons (Fsp3) is 0.407. The van der Waals surface area contributed by atoms with Crippen LogP contribution in [0.1, 0.15) is 29.8 Å². The standard InChI is InChI=1S/C27H33FN4O3/c1-20(2)30(3)27-24(25(29-35-27)21-8-5-4-6-9-21)19-32(13-12-31-14-16-34-17-15-31)26(33)22-10-7-11-23(28)18-22/h4-11,18,20H,12-17,19H2,1-3H3. The predicted octanol–water partition coefficient (Wildman–Crippen LogP) is 4.30. The number of morpholine rings is 1. The molecule has 1 fully saturated rings. The first-order valence-electron chi connectivity index (χ1n) is 12.1. The number of aromatic nitrogens is 1. The molecule has 8 heteroatoms. The van der Waals surface area contributed by atoms with Crippen LogP contribution < -0.4 is 4.90 Å². The molecule has 0 spiro atoms. The minimum Gasteiger partial charge on any atom is -0.379 e. The molecule has 2 aromatic carbocycles. The average molecular weight is 481 g/mol. The number of hydrogen-bond acceptors (Lipinski definition) is 6. The van der Waals surface area contributed by atoms with E-state index in [0.29, 0.717) is 50.0 Å². The number of ether oxygens (including phenoxy) is 1. The molecular formula is C27H33FN4O3. The molecule has 7 nitrogen and oxygen atoms in total. The normalized spacial score (nSPS) is 14.3. The number of nitrogens with zero attached hydrogens (tertiary/aromatic N) is 4. The molecule has 0 atom stereocenters. The van der Waals surface area contributed by atoms with Crippen LogP contribution in [0.15, 0.2) is 59.1 Å². The highest BCUT2D eigenvalue weighted by Crippen LogP contribution is 2.33. The summed E-state index contributed by atoms with van der Waals surface area (Å²) in [6.07, 6.45) is 0. The predicted molar refractivity (Wildman–Crippen MR) is 134 cm³/mol. The van der Waals surface area contributed by atoms with Gasteiger partial charge in [-0.05, 0) is 32.0 Å². The van der Waals surface area contributed by atoms with E-state index in [-0.39, 0.29) is 11.9 Å². The van der Waals surface area contributed by atoms with Gasteiger partial charge < -0.3 is 19.1 Å². The zero-order valence-electron chi connectivity index (χ0n) is 20.6. The quantitative estimate of drug-likeness (QED) is 0.455. The highest BCUT2D eigenvalue weighted by atomic mass is 19.1. The highest BCUT2D eigenvalue weighted by Gasteiger charge is 2.27. The van der Waals surface area contributed by atoms with Crippen LogP contribution in [0.25, 0.3) is 11.3 Å². The summed E-state index contributed by atoms with van der Waals surface area (Å²) in [5, 5.41) is 4.40. The SMILES string of the molecule is CC(C)N(C)c1onc(-c2ccccc2)c1CN(CCN1CCOCC1)C(=O)c1cccc(F)c1. The second kappa shape index (κ2) is 11.5. The molecule has 35 heavy (non-hydrogen) atoms. The Labute approximate surface area is 206 Å². The molecule has 4 rings (SSSR count). The van der Waals surface area contributed by atoms with Crippen molar-refractivity contribution in [2.24, 2.45) is 0 Å². The van der Waals surface area contributed by atoms with Gasteiger partial charge in [-0.25, -0.2) is 4.39 Å². The zero-order valence-corrected chi connectivity index (χ0v) is 20.6. The maximum absolute atomic E-state index is 14.0. The van der Waals surface area contributed by atoms with Gasteiger partial charge in [0.2, 0.25) is 5.88 Å². The zero-order chi connectivity index (χ0) is 24.8. The second-order valence-corrected chi connectivity index (χ2v) is 9.08. The molecule has 1 aliphatic rings. The van der Waals surface area contributed by atoms with E-state index in [1.54, 1.807) is 17.0 Å². The summed E-state index contributed by atoms with van der Waals surface area (Å²) in [6, 6.07) is 15.8. The van der Waals surface area contributed by atoms with Crippen molar-refractivity contribution in [3.63, 3.8) is 0 Å². The van der Waals surface area contributed by atoms with E-state index >= 15 is 0 Å². The van der Waals surface area contributed by atoms with Crippen molar-refractivity contribution < 1.29 is 18.4 Å². The lowest BCUT2D eigenvalue weighted by Gasteiger charge is -2.31. The Morgan fingerprint density at radius 1 is 1.11 bits per heavy atom. The smallest absolute Gasteiger partial charge is 0.254 e. The Morgan fingerprint density at radius 3 is 2.54 bits per heavy atom. The van der Waals surface area contributed by atoms with Gasteiger partial charge in [0.15, 0.2) is 0 Å². The minimum absolute atomic E-state index is 0.172. The van der Waals surface area contributed by atoms with Crippen LogP contribution in [0.2, 0.25) is 0 Å². The van der Waals surface area contributed by atoms with E-state index in [1.165, 1.54) is 12.1 Å². The van der Waals surface area contributed by atoms with E-state index in [0.717, 1.165) is 24.2 Å². The van der Waals surface area contributed by atoms with E-state index in [1.807, 2.05) is 42.3 Å². The maximum Gasteiger partial charge on any atom is 0.254 e. The lowest BCUT2D eigenvalue weighted by Crippen LogP contribution is -2.43. The van der Waals surface area contributed by atoms with E-state index < -0.39 is 5.82 Å². The molecule has 0 N–H and O–H groups in total. The number of halogens is 1. The Balaban J connectivity index is 1.69. The van der Waals surface area contributed by atoms with Crippen molar-refractivity contribution in [2.75, 3.05) is 51.3 Å². The first kappa shape index (κ1) is 24.9. The minimum atomic E-state index is -0.431. The number of anilines is 1. The fourth-order valence-electron chi connectivity index (χ4n) is 4.11. The summed E-state index contributed by atoms with van der Waals surface area (Å²) in [6.45, 7) is 8.64. The van der Waals surface area contributed by atoms with E-state index in [2.05, 4.69) is 23.9 Å². The van der Waals surface area contributed by atoms with Crippen LogP contribution in [0.5, 0.6) is 0 Å². The fourth-order valence-corrected chi connectivity index (χ4v) is 4.11. The molecule has 186 valence electrons. The molecule has 0 aliphatic carbocycles. The second-order valence-electron chi connectivity index (χ2n) is 9.08. The number of amides is 1. The number of rotatable bonds is 9. The summed E-state index contributed by atoms with van der Waals surface area (Å²) < 4.78 is 25.2. The van der Waals surface area contributed by atoms with Crippen LogP contribution >= 0.6 is 0 Å². The lowest BCUT2D eigenvalue weighted by atomic mass is 10.1. The molecule has 0 saturated carbocycles. The van der Waals surface area contributed by atoms with Gasteiger partial charge in [0, 0.05) is 50.4 Å². The van der Waals surface area contributed by atoms with Crippen LogP contribution in [0.4, 0.5) is 10.3 Å². The molecule has 2 heterocycles. The van der Waals surface area contributed by atoms with Gasteiger partial charge in [-0.3, -0.25) is 9.69 Å². The third kappa shape index (κ3) is 6.07. The highest BCUT2D eigenvalue weighted by molar-refractivity contribution is 5.94. The maximum atomic E-state index is 14.0. The van der Waals surface area contributed by atoms with Crippen molar-refractivity contribution >= 4 is 11.8 Å². The number of carbonyl (C=O) groups excluding carboxylic acids is 1.